The van der Waals surface area contributed by atoms with Crippen LogP contribution in [0.3, 0.4) is 0 Å². The van der Waals surface area contributed by atoms with Crippen molar-refractivity contribution in [1.82, 2.24) is 14.7 Å². The van der Waals surface area contributed by atoms with Crippen LogP contribution in [-0.4, -0.2) is 39.6 Å². The van der Waals surface area contributed by atoms with Gasteiger partial charge in [0, 0.05) is 29.0 Å². The second-order valence-electron chi connectivity index (χ2n) is 10.2. The van der Waals surface area contributed by atoms with E-state index >= 15 is 0 Å². The Morgan fingerprint density at radius 3 is 2.43 bits per heavy atom. The molecule has 0 bridgehead atoms. The maximum absolute atomic E-state index is 13.2. The predicted octanol–water partition coefficient (Wildman–Crippen LogP) is 5.80. The van der Waals surface area contributed by atoms with Gasteiger partial charge in [-0.15, -0.1) is 0 Å². The largest absolute Gasteiger partial charge is 0.333 e. The van der Waals surface area contributed by atoms with Crippen LogP contribution in [0.15, 0.2) is 60.7 Å². The van der Waals surface area contributed by atoms with E-state index in [2.05, 4.69) is 38.2 Å². The number of nitrogens with one attached hydrogen (secondary N) is 1. The molecule has 1 heterocycles. The second kappa shape index (κ2) is 10.2. The van der Waals surface area contributed by atoms with Gasteiger partial charge in [0.15, 0.2) is 0 Å². The molecule has 1 aromatic heterocycles. The zero-order valence-electron chi connectivity index (χ0n) is 20.8. The van der Waals surface area contributed by atoms with Gasteiger partial charge in [-0.1, -0.05) is 69.6 Å². The van der Waals surface area contributed by atoms with E-state index in [9.17, 15) is 9.59 Å². The normalized spacial score (nSPS) is 17.2. The van der Waals surface area contributed by atoms with E-state index in [1.807, 2.05) is 43.3 Å². The molecule has 2 unspecified atom stereocenters. The fourth-order valence-electron chi connectivity index (χ4n) is 4.28. The SMILES string of the molecule is CCCN(CC(=O)Nc1cc(C(C)(C)C)nn1-c1ccc(Cl)cc1)C(=O)C1CC1c1ccccc1. The highest BCUT2D eigenvalue weighted by molar-refractivity contribution is 6.30. The Morgan fingerprint density at radius 2 is 1.80 bits per heavy atom. The Balaban J connectivity index is 1.49. The number of benzene rings is 2. The van der Waals surface area contributed by atoms with Gasteiger partial charge in [0.1, 0.15) is 5.82 Å². The highest BCUT2D eigenvalue weighted by atomic mass is 35.5. The summed E-state index contributed by atoms with van der Waals surface area (Å²) in [5.41, 5.74) is 2.64. The van der Waals surface area contributed by atoms with Gasteiger partial charge in [0.05, 0.1) is 17.9 Å². The Morgan fingerprint density at radius 1 is 1.11 bits per heavy atom. The summed E-state index contributed by atoms with van der Waals surface area (Å²) < 4.78 is 1.72. The van der Waals surface area contributed by atoms with Crippen LogP contribution in [0.4, 0.5) is 5.82 Å². The summed E-state index contributed by atoms with van der Waals surface area (Å²) in [6.07, 6.45) is 1.63. The molecule has 1 aliphatic carbocycles. The van der Waals surface area contributed by atoms with Crippen LogP contribution in [0.5, 0.6) is 0 Å². The van der Waals surface area contributed by atoms with E-state index in [1.165, 1.54) is 5.56 Å². The molecule has 184 valence electrons. The average Bonchev–Trinajstić information content (AvgIpc) is 3.51. The van der Waals surface area contributed by atoms with Gasteiger partial charge in [-0.2, -0.15) is 5.10 Å². The molecular formula is C28H33ClN4O2. The van der Waals surface area contributed by atoms with Crippen LogP contribution < -0.4 is 5.32 Å². The number of aromatic nitrogens is 2. The fourth-order valence-corrected chi connectivity index (χ4v) is 4.41. The van der Waals surface area contributed by atoms with E-state index in [-0.39, 0.29) is 35.6 Å². The molecule has 4 rings (SSSR count). The van der Waals surface area contributed by atoms with E-state index in [0.29, 0.717) is 17.4 Å². The molecule has 3 aromatic rings. The van der Waals surface area contributed by atoms with Crippen molar-refractivity contribution in [3.63, 3.8) is 0 Å². The Hall–Kier alpha value is -3.12. The third kappa shape index (κ3) is 5.93. The van der Waals surface area contributed by atoms with Crippen LogP contribution >= 0.6 is 11.6 Å². The monoisotopic (exact) mass is 492 g/mol. The first-order chi connectivity index (χ1) is 16.7. The summed E-state index contributed by atoms with van der Waals surface area (Å²) in [5, 5.41) is 8.37. The number of hydrogen-bond acceptors (Lipinski definition) is 3. The van der Waals surface area contributed by atoms with E-state index in [4.69, 9.17) is 16.7 Å². The van der Waals surface area contributed by atoms with Crippen LogP contribution in [0, 0.1) is 5.92 Å². The van der Waals surface area contributed by atoms with Crippen LogP contribution in [0.2, 0.25) is 5.02 Å². The Kier molecular flexibility index (Phi) is 7.31. The standard InChI is InChI=1S/C28H33ClN4O2/c1-5-15-32(27(35)23-16-22(23)19-9-7-6-8-10-19)18-26(34)30-25-17-24(28(2,3)4)31-33(25)21-13-11-20(29)12-14-21/h6-14,17,22-23H,5,15-16,18H2,1-4H3,(H,30,34). The van der Waals surface area contributed by atoms with Crippen LogP contribution in [0.25, 0.3) is 5.69 Å². The van der Waals surface area contributed by atoms with Gasteiger partial charge in [0.25, 0.3) is 0 Å². The van der Waals surface area contributed by atoms with Crippen molar-refractivity contribution < 1.29 is 9.59 Å². The molecule has 6 nitrogen and oxygen atoms in total. The molecule has 0 radical (unpaired) electrons. The topological polar surface area (TPSA) is 67.2 Å². The number of halogens is 1. The molecule has 35 heavy (non-hydrogen) atoms. The summed E-state index contributed by atoms with van der Waals surface area (Å²) in [6.45, 7) is 8.81. The summed E-state index contributed by atoms with van der Waals surface area (Å²) in [7, 11) is 0. The van der Waals surface area contributed by atoms with Gasteiger partial charge in [-0.3, -0.25) is 9.59 Å². The van der Waals surface area contributed by atoms with Crippen molar-refractivity contribution in [3.05, 3.63) is 76.9 Å². The molecule has 1 N–H and O–H groups in total. The average molecular weight is 493 g/mol. The number of amides is 2. The summed E-state index contributed by atoms with van der Waals surface area (Å²) >= 11 is 6.06. The summed E-state index contributed by atoms with van der Waals surface area (Å²) in [4.78, 5) is 28.1. The van der Waals surface area contributed by atoms with Crippen molar-refractivity contribution in [1.29, 1.82) is 0 Å². The first-order valence-electron chi connectivity index (χ1n) is 12.2. The molecule has 7 heteroatoms. The molecule has 0 saturated heterocycles. The van der Waals surface area contributed by atoms with Gasteiger partial charge < -0.3 is 10.2 Å². The molecule has 2 amide bonds. The zero-order chi connectivity index (χ0) is 25.2. The van der Waals surface area contributed by atoms with E-state index in [1.54, 1.807) is 21.7 Å². The van der Waals surface area contributed by atoms with Crippen molar-refractivity contribution in [2.75, 3.05) is 18.4 Å². The number of carbonyl (C=O) groups excluding carboxylic acids is 2. The lowest BCUT2D eigenvalue weighted by Gasteiger charge is -2.22. The molecule has 1 fully saturated rings. The number of rotatable bonds is 8. The zero-order valence-corrected chi connectivity index (χ0v) is 21.5. The minimum atomic E-state index is -0.237. The number of anilines is 1. The van der Waals surface area contributed by atoms with Gasteiger partial charge in [-0.05, 0) is 48.6 Å². The number of nitrogens with zero attached hydrogens (tertiary/aromatic N) is 3. The predicted molar refractivity (Wildman–Crippen MR) is 140 cm³/mol. The summed E-state index contributed by atoms with van der Waals surface area (Å²) in [6, 6.07) is 19.3. The molecule has 0 spiro atoms. The smallest absolute Gasteiger partial charge is 0.245 e. The maximum Gasteiger partial charge on any atom is 0.245 e. The first kappa shape index (κ1) is 25.0. The van der Waals surface area contributed by atoms with Crippen LogP contribution in [0.1, 0.15) is 57.7 Å². The lowest BCUT2D eigenvalue weighted by molar-refractivity contribution is -0.136. The van der Waals surface area contributed by atoms with Gasteiger partial charge in [0.2, 0.25) is 11.8 Å². The molecule has 1 saturated carbocycles. The molecule has 1 aliphatic rings. The molecule has 0 aliphatic heterocycles. The molecular weight excluding hydrogens is 460 g/mol. The number of carbonyl (C=O) groups is 2. The second-order valence-corrected chi connectivity index (χ2v) is 10.7. The van der Waals surface area contributed by atoms with Crippen LogP contribution in [-0.2, 0) is 15.0 Å². The highest BCUT2D eigenvalue weighted by Crippen LogP contribution is 2.48. The molecule has 2 aromatic carbocycles. The lowest BCUT2D eigenvalue weighted by Crippen LogP contribution is -2.39. The quantitative estimate of drug-likeness (QED) is 0.432. The van der Waals surface area contributed by atoms with Crippen molar-refractivity contribution in [3.8, 4) is 5.69 Å². The minimum Gasteiger partial charge on any atom is -0.333 e. The fraction of sp³-hybridized carbons (Fsp3) is 0.393. The summed E-state index contributed by atoms with van der Waals surface area (Å²) in [5.74, 6) is 0.576. The van der Waals surface area contributed by atoms with Gasteiger partial charge in [-0.25, -0.2) is 4.68 Å². The molecule has 2 atom stereocenters. The minimum absolute atomic E-state index is 0.0152. The van der Waals surface area contributed by atoms with Crippen molar-refractivity contribution in [2.24, 2.45) is 5.92 Å². The third-order valence-electron chi connectivity index (χ3n) is 6.29. The van der Waals surface area contributed by atoms with Crippen molar-refractivity contribution >= 4 is 29.2 Å². The third-order valence-corrected chi connectivity index (χ3v) is 6.54. The van der Waals surface area contributed by atoms with E-state index < -0.39 is 0 Å². The van der Waals surface area contributed by atoms with E-state index in [0.717, 1.165) is 24.2 Å². The Bertz CT molecular complexity index is 1180. The Labute approximate surface area is 212 Å². The van der Waals surface area contributed by atoms with Crippen molar-refractivity contribution in [2.45, 2.75) is 51.9 Å². The number of hydrogen-bond donors (Lipinski definition) is 1. The highest BCUT2D eigenvalue weighted by Gasteiger charge is 2.45. The maximum atomic E-state index is 13.2. The first-order valence-corrected chi connectivity index (χ1v) is 12.5. The lowest BCUT2D eigenvalue weighted by atomic mass is 9.92. The van der Waals surface area contributed by atoms with Gasteiger partial charge >= 0.3 is 0 Å².